The number of hydrogen-bond acceptors (Lipinski definition) is 2. The molecule has 1 saturated carbocycles. The molecule has 15 heavy (non-hydrogen) atoms. The fraction of sp³-hybridized carbons (Fsp3) is 0.833. The third-order valence-corrected chi connectivity index (χ3v) is 3.79. The minimum atomic E-state index is 0.143. The minimum Gasteiger partial charge on any atom is -0.342 e. The summed E-state index contributed by atoms with van der Waals surface area (Å²) < 4.78 is 0. The van der Waals surface area contributed by atoms with Gasteiger partial charge >= 0.3 is 0 Å². The van der Waals surface area contributed by atoms with Gasteiger partial charge in [-0.05, 0) is 32.1 Å². The first-order chi connectivity index (χ1) is 7.33. The second-order valence-electron chi connectivity index (χ2n) is 4.72. The number of rotatable bonds is 2. The van der Waals surface area contributed by atoms with Gasteiger partial charge in [-0.25, -0.2) is 0 Å². The molecule has 1 aliphatic heterocycles. The highest BCUT2D eigenvalue weighted by Crippen LogP contribution is 2.30. The van der Waals surface area contributed by atoms with Crippen molar-refractivity contribution in [2.75, 3.05) is 6.54 Å². The van der Waals surface area contributed by atoms with Crippen LogP contribution in [-0.2, 0) is 9.59 Å². The van der Waals surface area contributed by atoms with Crippen molar-refractivity contribution >= 4 is 12.2 Å². The minimum absolute atomic E-state index is 0.143. The van der Waals surface area contributed by atoms with Crippen molar-refractivity contribution in [3.63, 3.8) is 0 Å². The predicted octanol–water partition coefficient (Wildman–Crippen LogP) is 1.76. The molecular formula is C12H19NO2. The van der Waals surface area contributed by atoms with Crippen LogP contribution in [-0.4, -0.2) is 29.7 Å². The summed E-state index contributed by atoms with van der Waals surface area (Å²) in [5.41, 5.74) is 0. The largest absolute Gasteiger partial charge is 0.342 e. The SMILES string of the molecule is O=CN1CCCCC1C1CCCCC1=O. The zero-order chi connectivity index (χ0) is 10.7. The van der Waals surface area contributed by atoms with Crippen molar-refractivity contribution < 1.29 is 9.59 Å². The Balaban J connectivity index is 2.05. The van der Waals surface area contributed by atoms with E-state index in [0.29, 0.717) is 5.78 Å². The molecule has 84 valence electrons. The Morgan fingerprint density at radius 1 is 1.13 bits per heavy atom. The Morgan fingerprint density at radius 3 is 2.67 bits per heavy atom. The monoisotopic (exact) mass is 209 g/mol. The Labute approximate surface area is 90.8 Å². The molecule has 0 aromatic carbocycles. The van der Waals surface area contributed by atoms with Crippen molar-refractivity contribution in [2.24, 2.45) is 5.92 Å². The van der Waals surface area contributed by atoms with Gasteiger partial charge in [-0.3, -0.25) is 9.59 Å². The number of piperidine rings is 1. The fourth-order valence-corrected chi connectivity index (χ4v) is 2.96. The first-order valence-electron chi connectivity index (χ1n) is 6.06. The number of Topliss-reactive ketones (excluding diaryl/α,β-unsaturated/α-hetero) is 1. The molecule has 3 nitrogen and oxygen atoms in total. The molecule has 1 aliphatic carbocycles. The summed E-state index contributed by atoms with van der Waals surface area (Å²) in [5.74, 6) is 0.532. The number of amides is 1. The highest BCUT2D eigenvalue weighted by atomic mass is 16.1. The molecule has 2 aliphatic rings. The van der Waals surface area contributed by atoms with Gasteiger partial charge in [0, 0.05) is 24.9 Å². The molecule has 2 rings (SSSR count). The summed E-state index contributed by atoms with van der Waals surface area (Å²) in [6, 6.07) is 0.212. The molecule has 0 spiro atoms. The van der Waals surface area contributed by atoms with Gasteiger partial charge in [-0.2, -0.15) is 0 Å². The van der Waals surface area contributed by atoms with E-state index in [4.69, 9.17) is 0 Å². The first-order valence-corrected chi connectivity index (χ1v) is 6.06. The summed E-state index contributed by atoms with van der Waals surface area (Å²) in [7, 11) is 0. The van der Waals surface area contributed by atoms with Crippen molar-refractivity contribution in [3.8, 4) is 0 Å². The summed E-state index contributed by atoms with van der Waals surface area (Å²) in [4.78, 5) is 24.6. The summed E-state index contributed by atoms with van der Waals surface area (Å²) in [6.45, 7) is 0.845. The lowest BCUT2D eigenvalue weighted by molar-refractivity contribution is -0.131. The van der Waals surface area contributed by atoms with Crippen LogP contribution in [0.1, 0.15) is 44.9 Å². The van der Waals surface area contributed by atoms with E-state index in [1.807, 2.05) is 4.90 Å². The molecule has 0 radical (unpaired) electrons. The molecule has 2 unspecified atom stereocenters. The van der Waals surface area contributed by atoms with Gasteiger partial charge in [0.15, 0.2) is 0 Å². The summed E-state index contributed by atoms with van der Waals surface area (Å²) in [5, 5.41) is 0. The van der Waals surface area contributed by atoms with Gasteiger partial charge in [0.1, 0.15) is 5.78 Å². The zero-order valence-corrected chi connectivity index (χ0v) is 9.15. The molecule has 0 aromatic rings. The second kappa shape index (κ2) is 4.77. The number of carbonyl (C=O) groups excluding carboxylic acids is 2. The molecular weight excluding hydrogens is 190 g/mol. The fourth-order valence-electron chi connectivity index (χ4n) is 2.96. The van der Waals surface area contributed by atoms with E-state index in [2.05, 4.69) is 0 Å². The van der Waals surface area contributed by atoms with Gasteiger partial charge in [-0.1, -0.05) is 6.42 Å². The smallest absolute Gasteiger partial charge is 0.209 e. The molecule has 1 saturated heterocycles. The highest BCUT2D eigenvalue weighted by molar-refractivity contribution is 5.82. The normalized spacial score (nSPS) is 32.8. The molecule has 0 N–H and O–H groups in total. The number of ketones is 1. The maximum atomic E-state index is 11.8. The topological polar surface area (TPSA) is 37.4 Å². The summed E-state index contributed by atoms with van der Waals surface area (Å²) in [6.07, 6.45) is 8.14. The van der Waals surface area contributed by atoms with Crippen LogP contribution < -0.4 is 0 Å². The highest BCUT2D eigenvalue weighted by Gasteiger charge is 2.34. The number of hydrogen-bond donors (Lipinski definition) is 0. The average molecular weight is 209 g/mol. The number of carbonyl (C=O) groups is 2. The Kier molecular flexibility index (Phi) is 3.39. The molecule has 1 amide bonds. The van der Waals surface area contributed by atoms with Gasteiger partial charge in [0.05, 0.1) is 0 Å². The third-order valence-electron chi connectivity index (χ3n) is 3.79. The van der Waals surface area contributed by atoms with Gasteiger partial charge in [0.25, 0.3) is 0 Å². The Morgan fingerprint density at radius 2 is 1.93 bits per heavy atom. The maximum Gasteiger partial charge on any atom is 0.209 e. The van der Waals surface area contributed by atoms with Crippen LogP contribution >= 0.6 is 0 Å². The van der Waals surface area contributed by atoms with Crippen molar-refractivity contribution in [2.45, 2.75) is 51.0 Å². The van der Waals surface area contributed by atoms with E-state index in [9.17, 15) is 9.59 Å². The number of likely N-dealkylation sites (tertiary alicyclic amines) is 1. The maximum absolute atomic E-state index is 11.8. The zero-order valence-electron chi connectivity index (χ0n) is 9.15. The lowest BCUT2D eigenvalue weighted by atomic mass is 9.79. The van der Waals surface area contributed by atoms with Crippen LogP contribution in [0.15, 0.2) is 0 Å². The van der Waals surface area contributed by atoms with Gasteiger partial charge < -0.3 is 4.90 Å². The summed E-state index contributed by atoms with van der Waals surface area (Å²) >= 11 is 0. The van der Waals surface area contributed by atoms with Crippen molar-refractivity contribution in [1.82, 2.24) is 4.90 Å². The lowest BCUT2D eigenvalue weighted by Gasteiger charge is -2.38. The predicted molar refractivity (Wildman–Crippen MR) is 57.4 cm³/mol. The first kappa shape index (κ1) is 10.7. The van der Waals surface area contributed by atoms with Crippen LogP contribution in [0.25, 0.3) is 0 Å². The Bertz CT molecular complexity index is 252. The van der Waals surface area contributed by atoms with E-state index >= 15 is 0 Å². The third kappa shape index (κ3) is 2.21. The van der Waals surface area contributed by atoms with Gasteiger partial charge in [0.2, 0.25) is 6.41 Å². The number of nitrogens with zero attached hydrogens (tertiary/aromatic N) is 1. The molecule has 0 aromatic heterocycles. The van der Waals surface area contributed by atoms with E-state index < -0.39 is 0 Å². The van der Waals surface area contributed by atoms with E-state index in [-0.39, 0.29) is 12.0 Å². The van der Waals surface area contributed by atoms with Crippen LogP contribution in [0.4, 0.5) is 0 Å². The Hall–Kier alpha value is -0.860. The van der Waals surface area contributed by atoms with Crippen LogP contribution in [0.2, 0.25) is 0 Å². The van der Waals surface area contributed by atoms with E-state index in [0.717, 1.165) is 51.5 Å². The van der Waals surface area contributed by atoms with Crippen LogP contribution in [0.5, 0.6) is 0 Å². The lowest BCUT2D eigenvalue weighted by Crippen LogP contribution is -2.46. The van der Waals surface area contributed by atoms with Crippen molar-refractivity contribution in [3.05, 3.63) is 0 Å². The van der Waals surface area contributed by atoms with E-state index in [1.54, 1.807) is 0 Å². The van der Waals surface area contributed by atoms with E-state index in [1.165, 1.54) is 6.42 Å². The molecule has 2 fully saturated rings. The van der Waals surface area contributed by atoms with Crippen LogP contribution in [0, 0.1) is 5.92 Å². The van der Waals surface area contributed by atoms with Crippen molar-refractivity contribution in [1.29, 1.82) is 0 Å². The average Bonchev–Trinajstić information content (AvgIpc) is 2.30. The molecule has 3 heteroatoms. The molecule has 1 heterocycles. The quantitative estimate of drug-likeness (QED) is 0.650. The van der Waals surface area contributed by atoms with Crippen LogP contribution in [0.3, 0.4) is 0 Å². The molecule has 0 bridgehead atoms. The second-order valence-corrected chi connectivity index (χ2v) is 4.72. The molecule has 2 atom stereocenters. The standard InChI is InChI=1S/C12H19NO2/c14-9-13-8-4-3-6-11(13)10-5-1-2-7-12(10)15/h9-11H,1-8H2. The van der Waals surface area contributed by atoms with Gasteiger partial charge in [-0.15, -0.1) is 0 Å².